The van der Waals surface area contributed by atoms with Crippen molar-refractivity contribution in [3.05, 3.63) is 29.6 Å². The van der Waals surface area contributed by atoms with Crippen molar-refractivity contribution < 1.29 is 17.6 Å². The monoisotopic (exact) mass is 284 g/mol. The maximum atomic E-state index is 13.2. The van der Waals surface area contributed by atoms with Gasteiger partial charge >= 0.3 is 6.18 Å². The first kappa shape index (κ1) is 15.0. The number of nitrogens with one attached hydrogen (secondary N) is 1. The number of nitrogens with zero attached hydrogens (tertiary/aromatic N) is 1. The zero-order valence-corrected chi connectivity index (χ0v) is 10.2. The maximum absolute atomic E-state index is 13.2. The molecule has 1 heterocycles. The summed E-state index contributed by atoms with van der Waals surface area (Å²) in [5, 5.41) is 3.09. The SMILES string of the molecule is Cl.Fc1cc(N2CCNCC2)cc(C(F)(F)F)c1. The number of halogens is 5. The van der Waals surface area contributed by atoms with Crippen LogP contribution in [0.25, 0.3) is 0 Å². The average molecular weight is 285 g/mol. The van der Waals surface area contributed by atoms with E-state index in [1.165, 1.54) is 0 Å². The lowest BCUT2D eigenvalue weighted by molar-refractivity contribution is -0.137. The molecule has 1 aromatic rings. The highest BCUT2D eigenvalue weighted by Gasteiger charge is 2.31. The molecule has 0 saturated carbocycles. The summed E-state index contributed by atoms with van der Waals surface area (Å²) >= 11 is 0. The molecule has 0 atom stereocenters. The van der Waals surface area contributed by atoms with Gasteiger partial charge in [0.2, 0.25) is 0 Å². The van der Waals surface area contributed by atoms with Gasteiger partial charge in [-0.2, -0.15) is 13.2 Å². The van der Waals surface area contributed by atoms with E-state index in [2.05, 4.69) is 5.32 Å². The Hall–Kier alpha value is -1.01. The molecule has 1 saturated heterocycles. The van der Waals surface area contributed by atoms with Crippen LogP contribution in [-0.2, 0) is 6.18 Å². The van der Waals surface area contributed by atoms with Gasteiger partial charge in [-0.25, -0.2) is 4.39 Å². The van der Waals surface area contributed by atoms with E-state index in [9.17, 15) is 17.6 Å². The second-order valence-corrected chi connectivity index (χ2v) is 3.93. The van der Waals surface area contributed by atoms with Crippen LogP contribution in [0.3, 0.4) is 0 Å². The molecule has 0 amide bonds. The molecule has 1 aliphatic rings. The Morgan fingerprint density at radius 2 is 1.67 bits per heavy atom. The third kappa shape index (κ3) is 3.49. The van der Waals surface area contributed by atoms with Crippen molar-refractivity contribution >= 4 is 18.1 Å². The number of hydrogen-bond donors (Lipinski definition) is 1. The normalized spacial score (nSPS) is 16.3. The lowest BCUT2D eigenvalue weighted by atomic mass is 10.1. The molecule has 0 unspecified atom stereocenters. The van der Waals surface area contributed by atoms with Gasteiger partial charge < -0.3 is 10.2 Å². The molecular weight excluding hydrogens is 272 g/mol. The molecule has 18 heavy (non-hydrogen) atoms. The van der Waals surface area contributed by atoms with E-state index in [4.69, 9.17) is 0 Å². The van der Waals surface area contributed by atoms with Crippen molar-refractivity contribution in [1.82, 2.24) is 5.32 Å². The summed E-state index contributed by atoms with van der Waals surface area (Å²) in [6.07, 6.45) is -4.51. The average Bonchev–Trinajstić information content (AvgIpc) is 2.28. The van der Waals surface area contributed by atoms with Crippen LogP contribution < -0.4 is 10.2 Å². The Morgan fingerprint density at radius 1 is 1.06 bits per heavy atom. The number of benzene rings is 1. The highest BCUT2D eigenvalue weighted by Crippen LogP contribution is 2.32. The van der Waals surface area contributed by atoms with Crippen molar-refractivity contribution in [3.63, 3.8) is 0 Å². The Morgan fingerprint density at radius 3 is 2.22 bits per heavy atom. The van der Waals surface area contributed by atoms with Crippen molar-refractivity contribution in [2.45, 2.75) is 6.18 Å². The number of hydrogen-bond acceptors (Lipinski definition) is 2. The molecule has 0 aromatic heterocycles. The number of rotatable bonds is 1. The van der Waals surface area contributed by atoms with Crippen LogP contribution in [0, 0.1) is 5.82 Å². The highest BCUT2D eigenvalue weighted by atomic mass is 35.5. The third-order valence-corrected chi connectivity index (χ3v) is 2.69. The van der Waals surface area contributed by atoms with Gasteiger partial charge in [0.05, 0.1) is 5.56 Å². The summed E-state index contributed by atoms with van der Waals surface area (Å²) in [7, 11) is 0. The van der Waals surface area contributed by atoms with E-state index in [-0.39, 0.29) is 12.4 Å². The van der Waals surface area contributed by atoms with E-state index in [1.807, 2.05) is 0 Å². The minimum atomic E-state index is -4.51. The van der Waals surface area contributed by atoms with Crippen LogP contribution in [0.2, 0.25) is 0 Å². The molecule has 1 fully saturated rings. The molecule has 1 aromatic carbocycles. The quantitative estimate of drug-likeness (QED) is 0.798. The van der Waals surface area contributed by atoms with Gasteiger partial charge in [0.1, 0.15) is 5.82 Å². The molecule has 102 valence electrons. The summed E-state index contributed by atoms with van der Waals surface area (Å²) in [5.74, 6) is -0.853. The summed E-state index contributed by atoms with van der Waals surface area (Å²) in [4.78, 5) is 1.74. The Balaban J connectivity index is 0.00000162. The Bertz CT molecular complexity index is 403. The minimum Gasteiger partial charge on any atom is -0.369 e. The summed E-state index contributed by atoms with van der Waals surface area (Å²) in [6, 6.07) is 2.65. The Kier molecular flexibility index (Phi) is 4.81. The van der Waals surface area contributed by atoms with Crippen LogP contribution >= 0.6 is 12.4 Å². The largest absolute Gasteiger partial charge is 0.416 e. The van der Waals surface area contributed by atoms with Crippen molar-refractivity contribution in [2.75, 3.05) is 31.1 Å². The van der Waals surface area contributed by atoms with Crippen LogP contribution in [0.1, 0.15) is 5.56 Å². The third-order valence-electron chi connectivity index (χ3n) is 2.69. The van der Waals surface area contributed by atoms with Gasteiger partial charge in [0, 0.05) is 31.9 Å². The predicted molar refractivity (Wildman–Crippen MR) is 63.7 cm³/mol. The molecule has 1 N–H and O–H groups in total. The smallest absolute Gasteiger partial charge is 0.369 e. The van der Waals surface area contributed by atoms with Crippen molar-refractivity contribution in [3.8, 4) is 0 Å². The molecule has 2 nitrogen and oxygen atoms in total. The highest BCUT2D eigenvalue weighted by molar-refractivity contribution is 5.85. The zero-order chi connectivity index (χ0) is 12.5. The lowest BCUT2D eigenvalue weighted by Crippen LogP contribution is -2.43. The molecule has 0 bridgehead atoms. The number of anilines is 1. The van der Waals surface area contributed by atoms with E-state index in [0.717, 1.165) is 12.1 Å². The van der Waals surface area contributed by atoms with Crippen molar-refractivity contribution in [1.29, 1.82) is 0 Å². The van der Waals surface area contributed by atoms with Gasteiger partial charge in [-0.3, -0.25) is 0 Å². The van der Waals surface area contributed by atoms with Gasteiger partial charge in [0.15, 0.2) is 0 Å². The maximum Gasteiger partial charge on any atom is 0.416 e. The van der Waals surface area contributed by atoms with Gasteiger partial charge in [-0.15, -0.1) is 12.4 Å². The first-order valence-corrected chi connectivity index (χ1v) is 5.30. The first-order valence-electron chi connectivity index (χ1n) is 5.30. The van der Waals surface area contributed by atoms with Crippen LogP contribution in [0.5, 0.6) is 0 Å². The fraction of sp³-hybridized carbons (Fsp3) is 0.455. The van der Waals surface area contributed by atoms with E-state index >= 15 is 0 Å². The van der Waals surface area contributed by atoms with Gasteiger partial charge in [-0.1, -0.05) is 0 Å². The van der Waals surface area contributed by atoms with Crippen LogP contribution in [-0.4, -0.2) is 26.2 Å². The second-order valence-electron chi connectivity index (χ2n) is 3.93. The second kappa shape index (κ2) is 5.75. The summed E-state index contributed by atoms with van der Waals surface area (Å²) in [5.41, 5.74) is -0.648. The van der Waals surface area contributed by atoms with E-state index in [1.54, 1.807) is 4.90 Å². The van der Waals surface area contributed by atoms with Crippen molar-refractivity contribution in [2.24, 2.45) is 0 Å². The van der Waals surface area contributed by atoms with Crippen LogP contribution in [0.4, 0.5) is 23.2 Å². The molecule has 7 heteroatoms. The zero-order valence-electron chi connectivity index (χ0n) is 9.43. The molecule has 1 aliphatic heterocycles. The fourth-order valence-electron chi connectivity index (χ4n) is 1.84. The minimum absolute atomic E-state index is 0. The topological polar surface area (TPSA) is 15.3 Å². The first-order chi connectivity index (χ1) is 7.97. The lowest BCUT2D eigenvalue weighted by Gasteiger charge is -2.29. The van der Waals surface area contributed by atoms with Gasteiger partial charge in [0.25, 0.3) is 0 Å². The van der Waals surface area contributed by atoms with Gasteiger partial charge in [-0.05, 0) is 18.2 Å². The van der Waals surface area contributed by atoms with Crippen LogP contribution in [0.15, 0.2) is 18.2 Å². The molecule has 0 radical (unpaired) electrons. The van der Waals surface area contributed by atoms with E-state index < -0.39 is 17.6 Å². The standard InChI is InChI=1S/C11H12F4N2.ClH/c12-9-5-8(11(13,14)15)6-10(7-9)17-3-1-16-2-4-17;/h5-7,16H,1-4H2;1H. The molecule has 0 aliphatic carbocycles. The number of piperazine rings is 1. The fourth-order valence-corrected chi connectivity index (χ4v) is 1.84. The summed E-state index contributed by atoms with van der Waals surface area (Å²) < 4.78 is 50.7. The van der Waals surface area contributed by atoms with E-state index in [0.29, 0.717) is 37.9 Å². The molecule has 0 spiro atoms. The molecular formula is C11H13ClF4N2. The Labute approximate surface area is 108 Å². The predicted octanol–water partition coefficient (Wildman–Crippen LogP) is 2.68. The number of alkyl halides is 3. The molecule has 2 rings (SSSR count). The summed E-state index contributed by atoms with van der Waals surface area (Å²) in [6.45, 7) is 2.55.